The molecule has 142 valence electrons. The number of nitrogens with one attached hydrogen (secondary N) is 1. The van der Waals surface area contributed by atoms with Crippen molar-refractivity contribution in [2.75, 3.05) is 0 Å². The van der Waals surface area contributed by atoms with E-state index in [1.54, 1.807) is 19.1 Å². The molecule has 0 heterocycles. The number of amides is 1. The summed E-state index contributed by atoms with van der Waals surface area (Å²) in [7, 11) is -0.961. The SMILES string of the molecule is CC(=O)c1ccc(C(=O)NC(C)C)cc1P(c1ccccc1)c1ccccc1. The smallest absolute Gasteiger partial charge is 0.251 e. The zero-order valence-corrected chi connectivity index (χ0v) is 17.2. The van der Waals surface area contributed by atoms with Gasteiger partial charge in [-0.2, -0.15) is 0 Å². The van der Waals surface area contributed by atoms with E-state index in [-0.39, 0.29) is 17.7 Å². The van der Waals surface area contributed by atoms with Crippen LogP contribution in [0.4, 0.5) is 0 Å². The van der Waals surface area contributed by atoms with E-state index in [0.29, 0.717) is 11.1 Å². The molecule has 3 rings (SSSR count). The molecule has 4 heteroatoms. The van der Waals surface area contributed by atoms with Gasteiger partial charge in [-0.1, -0.05) is 60.7 Å². The summed E-state index contributed by atoms with van der Waals surface area (Å²) in [5.74, 6) is -0.118. The number of benzene rings is 3. The third-order valence-corrected chi connectivity index (χ3v) is 6.81. The number of carbonyl (C=O) groups excluding carboxylic acids is 2. The van der Waals surface area contributed by atoms with Gasteiger partial charge in [0.15, 0.2) is 5.78 Å². The summed E-state index contributed by atoms with van der Waals surface area (Å²) in [6.07, 6.45) is 0. The van der Waals surface area contributed by atoms with Gasteiger partial charge in [0.1, 0.15) is 0 Å². The van der Waals surface area contributed by atoms with Crippen LogP contribution in [0.15, 0.2) is 78.9 Å². The fourth-order valence-corrected chi connectivity index (χ4v) is 5.62. The van der Waals surface area contributed by atoms with Crippen LogP contribution in [0.2, 0.25) is 0 Å². The summed E-state index contributed by atoms with van der Waals surface area (Å²) in [5, 5.41) is 6.14. The summed E-state index contributed by atoms with van der Waals surface area (Å²) in [4.78, 5) is 25.0. The fraction of sp³-hybridized carbons (Fsp3) is 0.167. The van der Waals surface area contributed by atoms with Crippen LogP contribution < -0.4 is 21.2 Å². The summed E-state index contributed by atoms with van der Waals surface area (Å²) in [6.45, 7) is 5.45. The van der Waals surface area contributed by atoms with Gasteiger partial charge in [-0.15, -0.1) is 0 Å². The zero-order chi connectivity index (χ0) is 20.1. The maximum Gasteiger partial charge on any atom is 0.251 e. The average Bonchev–Trinajstić information content (AvgIpc) is 2.69. The molecule has 0 fully saturated rings. The number of Topliss-reactive ketones (excluding diaryl/α,β-unsaturated/α-hetero) is 1. The number of ketones is 1. The molecule has 0 saturated carbocycles. The van der Waals surface area contributed by atoms with Crippen molar-refractivity contribution in [1.29, 1.82) is 0 Å². The fourth-order valence-electron chi connectivity index (χ4n) is 3.08. The van der Waals surface area contributed by atoms with Gasteiger partial charge in [0.05, 0.1) is 0 Å². The molecule has 3 nitrogen and oxygen atoms in total. The first kappa shape index (κ1) is 20.0. The second-order valence-corrected chi connectivity index (χ2v) is 9.11. The van der Waals surface area contributed by atoms with E-state index < -0.39 is 7.92 Å². The summed E-state index contributed by atoms with van der Waals surface area (Å²) >= 11 is 0. The lowest BCUT2D eigenvalue weighted by molar-refractivity contribution is 0.0941. The first-order valence-electron chi connectivity index (χ1n) is 9.33. The molecule has 3 aromatic carbocycles. The molecular weight excluding hydrogens is 365 g/mol. The van der Waals surface area contributed by atoms with Gasteiger partial charge in [0.2, 0.25) is 0 Å². The quantitative estimate of drug-likeness (QED) is 0.515. The molecule has 0 saturated heterocycles. The molecule has 0 unspecified atom stereocenters. The molecule has 0 aliphatic rings. The highest BCUT2D eigenvalue weighted by Crippen LogP contribution is 2.34. The van der Waals surface area contributed by atoms with Crippen molar-refractivity contribution in [3.8, 4) is 0 Å². The summed E-state index contributed by atoms with van der Waals surface area (Å²) in [5.41, 5.74) is 1.24. The zero-order valence-electron chi connectivity index (χ0n) is 16.3. The standard InChI is InChI=1S/C24H24NO2P/c1-17(2)25-24(27)19-14-15-22(18(3)26)23(16-19)28(20-10-6-4-7-11-20)21-12-8-5-9-13-21/h4-17H,1-3H3,(H,25,27). The monoisotopic (exact) mass is 389 g/mol. The maximum atomic E-state index is 12.6. The van der Waals surface area contributed by atoms with Gasteiger partial charge < -0.3 is 5.32 Å². The van der Waals surface area contributed by atoms with Crippen LogP contribution >= 0.6 is 7.92 Å². The summed E-state index contributed by atoms with van der Waals surface area (Å²) < 4.78 is 0. The van der Waals surface area contributed by atoms with Crippen molar-refractivity contribution in [2.45, 2.75) is 26.8 Å². The molecule has 0 aromatic heterocycles. The Morgan fingerprint density at radius 3 is 1.82 bits per heavy atom. The number of rotatable bonds is 6. The second kappa shape index (κ2) is 8.95. The predicted molar refractivity (Wildman–Crippen MR) is 118 cm³/mol. The molecule has 0 aliphatic heterocycles. The van der Waals surface area contributed by atoms with Gasteiger partial charge >= 0.3 is 0 Å². The van der Waals surface area contributed by atoms with Crippen molar-refractivity contribution in [2.24, 2.45) is 0 Å². The first-order valence-corrected chi connectivity index (χ1v) is 10.7. The van der Waals surface area contributed by atoms with E-state index in [4.69, 9.17) is 0 Å². The predicted octanol–water partition coefficient (Wildman–Crippen LogP) is 3.79. The first-order chi connectivity index (χ1) is 13.5. The Morgan fingerprint density at radius 2 is 1.36 bits per heavy atom. The molecule has 0 atom stereocenters. The van der Waals surface area contributed by atoms with Crippen molar-refractivity contribution in [1.82, 2.24) is 5.32 Å². The number of carbonyl (C=O) groups is 2. The van der Waals surface area contributed by atoms with Crippen LogP contribution in [0.5, 0.6) is 0 Å². The van der Waals surface area contributed by atoms with Crippen LogP contribution in [0.1, 0.15) is 41.5 Å². The summed E-state index contributed by atoms with van der Waals surface area (Å²) in [6, 6.07) is 25.8. The Hall–Kier alpha value is -2.77. The Bertz CT molecular complexity index is 929. The van der Waals surface area contributed by atoms with Gasteiger partial charge in [-0.25, -0.2) is 0 Å². The van der Waals surface area contributed by atoms with Crippen LogP contribution in [0.3, 0.4) is 0 Å². The van der Waals surface area contributed by atoms with Crippen LogP contribution in [-0.4, -0.2) is 17.7 Å². The highest BCUT2D eigenvalue weighted by Gasteiger charge is 2.23. The van der Waals surface area contributed by atoms with E-state index in [2.05, 4.69) is 29.6 Å². The largest absolute Gasteiger partial charge is 0.350 e. The Morgan fingerprint density at radius 1 is 0.821 bits per heavy atom. The lowest BCUT2D eigenvalue weighted by atomic mass is 10.1. The minimum atomic E-state index is -0.961. The Kier molecular flexibility index (Phi) is 6.38. The maximum absolute atomic E-state index is 12.6. The molecular formula is C24H24NO2P. The highest BCUT2D eigenvalue weighted by molar-refractivity contribution is 7.80. The van der Waals surface area contributed by atoms with Crippen molar-refractivity contribution >= 4 is 35.5 Å². The highest BCUT2D eigenvalue weighted by atomic mass is 31.1. The Labute approximate surface area is 167 Å². The molecule has 1 amide bonds. The minimum absolute atomic E-state index is 0.00480. The second-order valence-electron chi connectivity index (χ2n) is 6.92. The van der Waals surface area contributed by atoms with Gasteiger partial charge in [0, 0.05) is 17.2 Å². The van der Waals surface area contributed by atoms with Crippen LogP contribution in [0.25, 0.3) is 0 Å². The normalized spacial score (nSPS) is 10.9. The average molecular weight is 389 g/mol. The lowest BCUT2D eigenvalue weighted by Crippen LogP contribution is -2.32. The number of hydrogen-bond acceptors (Lipinski definition) is 2. The van der Waals surface area contributed by atoms with E-state index in [9.17, 15) is 9.59 Å². The molecule has 0 aliphatic carbocycles. The topological polar surface area (TPSA) is 46.2 Å². The molecule has 3 aromatic rings. The van der Waals surface area contributed by atoms with E-state index in [1.807, 2.05) is 56.3 Å². The molecule has 0 spiro atoms. The van der Waals surface area contributed by atoms with Crippen molar-refractivity contribution in [3.63, 3.8) is 0 Å². The van der Waals surface area contributed by atoms with Crippen LogP contribution in [0, 0.1) is 0 Å². The van der Waals surface area contributed by atoms with E-state index >= 15 is 0 Å². The molecule has 1 N–H and O–H groups in total. The van der Waals surface area contributed by atoms with Gasteiger partial charge in [-0.05, 0) is 62.8 Å². The molecule has 28 heavy (non-hydrogen) atoms. The van der Waals surface area contributed by atoms with Crippen molar-refractivity contribution in [3.05, 3.63) is 90.0 Å². The minimum Gasteiger partial charge on any atom is -0.350 e. The van der Waals surface area contributed by atoms with Gasteiger partial charge in [-0.3, -0.25) is 9.59 Å². The number of hydrogen-bond donors (Lipinski definition) is 1. The third-order valence-electron chi connectivity index (χ3n) is 4.33. The van der Waals surface area contributed by atoms with Crippen LogP contribution in [-0.2, 0) is 0 Å². The Balaban J connectivity index is 2.20. The molecule has 0 radical (unpaired) electrons. The van der Waals surface area contributed by atoms with Crippen molar-refractivity contribution < 1.29 is 9.59 Å². The third kappa shape index (κ3) is 4.55. The van der Waals surface area contributed by atoms with E-state index in [1.165, 1.54) is 0 Å². The molecule has 0 bridgehead atoms. The van der Waals surface area contributed by atoms with Gasteiger partial charge in [0.25, 0.3) is 5.91 Å². The van der Waals surface area contributed by atoms with E-state index in [0.717, 1.165) is 15.9 Å². The lowest BCUT2D eigenvalue weighted by Gasteiger charge is -2.22.